The van der Waals surface area contributed by atoms with Gasteiger partial charge in [-0.2, -0.15) is 4.52 Å². The van der Waals surface area contributed by atoms with Gasteiger partial charge in [-0.3, -0.25) is 14.5 Å². The van der Waals surface area contributed by atoms with Crippen molar-refractivity contribution < 1.29 is 8.42 Å². The van der Waals surface area contributed by atoms with Crippen molar-refractivity contribution in [2.75, 3.05) is 16.2 Å². The van der Waals surface area contributed by atoms with Crippen molar-refractivity contribution >= 4 is 27.2 Å². The van der Waals surface area contributed by atoms with Gasteiger partial charge in [0.1, 0.15) is 0 Å². The Hall–Kier alpha value is -3.01. The number of nitrogens with zero attached hydrogens (tertiary/aromatic N) is 5. The molecule has 0 radical (unpaired) electrons. The standard InChI is InChI=1S/C19H20N6O3S/c1-12-8-17-20-6-4-18(26)25(17)22-19(12)24-7-5-16-13(11-24)9-14(10-21-16)23-29(27,28)15-2-3-15/h4,6,8-10,15,23H,2-3,5,7,11H2,1H3. The third kappa shape index (κ3) is 3.33. The lowest BCUT2D eigenvalue weighted by atomic mass is 10.0. The summed E-state index contributed by atoms with van der Waals surface area (Å²) >= 11 is 0. The summed E-state index contributed by atoms with van der Waals surface area (Å²) in [5.74, 6) is 0.710. The summed E-state index contributed by atoms with van der Waals surface area (Å²) in [6, 6.07) is 5.07. The largest absolute Gasteiger partial charge is 0.350 e. The molecule has 1 aliphatic carbocycles. The van der Waals surface area contributed by atoms with Gasteiger partial charge in [-0.15, -0.1) is 5.10 Å². The summed E-state index contributed by atoms with van der Waals surface area (Å²) in [5, 5.41) is 4.23. The fourth-order valence-electron chi connectivity index (χ4n) is 3.65. The Morgan fingerprint density at radius 1 is 1.21 bits per heavy atom. The number of hydrogen-bond donors (Lipinski definition) is 1. The number of anilines is 2. The SMILES string of the molecule is Cc1cc2nccc(=O)n2nc1N1CCc2ncc(NS(=O)(=O)C3CC3)cc2C1. The molecular weight excluding hydrogens is 392 g/mol. The average molecular weight is 412 g/mol. The minimum atomic E-state index is -3.33. The van der Waals surface area contributed by atoms with E-state index in [2.05, 4.69) is 24.7 Å². The van der Waals surface area contributed by atoms with Crippen LogP contribution in [0, 0.1) is 6.92 Å². The zero-order valence-electron chi connectivity index (χ0n) is 15.9. The van der Waals surface area contributed by atoms with Crippen LogP contribution in [-0.4, -0.2) is 39.8 Å². The van der Waals surface area contributed by atoms with Gasteiger partial charge in [0.25, 0.3) is 5.56 Å². The number of aryl methyl sites for hydroxylation is 1. The van der Waals surface area contributed by atoms with Gasteiger partial charge in [-0.25, -0.2) is 13.4 Å². The van der Waals surface area contributed by atoms with Crippen molar-refractivity contribution in [3.8, 4) is 0 Å². The number of aromatic nitrogens is 4. The van der Waals surface area contributed by atoms with E-state index in [1.54, 1.807) is 6.20 Å². The van der Waals surface area contributed by atoms with Gasteiger partial charge in [0.05, 0.1) is 17.1 Å². The van der Waals surface area contributed by atoms with E-state index in [9.17, 15) is 13.2 Å². The fraction of sp³-hybridized carbons (Fsp3) is 0.368. The number of rotatable bonds is 4. The Morgan fingerprint density at radius 2 is 2.03 bits per heavy atom. The van der Waals surface area contributed by atoms with Crippen molar-refractivity contribution in [3.05, 3.63) is 57.8 Å². The molecule has 2 aliphatic rings. The van der Waals surface area contributed by atoms with Gasteiger partial charge in [-0.05, 0) is 43.0 Å². The van der Waals surface area contributed by atoms with Crippen LogP contribution >= 0.6 is 0 Å². The van der Waals surface area contributed by atoms with E-state index in [0.29, 0.717) is 49.5 Å². The van der Waals surface area contributed by atoms with Crippen LogP contribution in [0.3, 0.4) is 0 Å². The van der Waals surface area contributed by atoms with Crippen molar-refractivity contribution in [2.24, 2.45) is 0 Å². The summed E-state index contributed by atoms with van der Waals surface area (Å²) in [5.41, 5.74) is 3.59. The highest BCUT2D eigenvalue weighted by molar-refractivity contribution is 7.93. The first-order valence-electron chi connectivity index (χ1n) is 9.51. The summed E-state index contributed by atoms with van der Waals surface area (Å²) < 4.78 is 28.4. The second-order valence-electron chi connectivity index (χ2n) is 7.55. The second kappa shape index (κ2) is 6.51. The minimum Gasteiger partial charge on any atom is -0.350 e. The molecule has 1 aliphatic heterocycles. The zero-order chi connectivity index (χ0) is 20.2. The maximum atomic E-state index is 12.2. The molecule has 1 fully saturated rings. The normalized spacial score (nSPS) is 16.7. The number of hydrogen-bond acceptors (Lipinski definition) is 7. The van der Waals surface area contributed by atoms with Crippen molar-refractivity contribution in [1.82, 2.24) is 19.6 Å². The quantitative estimate of drug-likeness (QED) is 0.687. The van der Waals surface area contributed by atoms with Crippen molar-refractivity contribution in [1.29, 1.82) is 0 Å². The molecule has 150 valence electrons. The molecule has 0 saturated heterocycles. The van der Waals surface area contributed by atoms with E-state index in [1.165, 1.54) is 16.8 Å². The molecule has 9 nitrogen and oxygen atoms in total. The summed E-state index contributed by atoms with van der Waals surface area (Å²) in [6.45, 7) is 3.19. The smallest absolute Gasteiger partial charge is 0.274 e. The molecule has 0 amide bonds. The van der Waals surface area contributed by atoms with E-state index < -0.39 is 10.0 Å². The molecule has 3 aromatic heterocycles. The number of pyridine rings is 1. The molecule has 10 heteroatoms. The van der Waals surface area contributed by atoms with Crippen LogP contribution in [-0.2, 0) is 23.0 Å². The van der Waals surface area contributed by atoms with E-state index >= 15 is 0 Å². The van der Waals surface area contributed by atoms with Crippen LogP contribution < -0.4 is 15.2 Å². The average Bonchev–Trinajstić information content (AvgIpc) is 3.53. The fourth-order valence-corrected chi connectivity index (χ4v) is 5.01. The summed E-state index contributed by atoms with van der Waals surface area (Å²) in [6.07, 6.45) is 5.20. The lowest BCUT2D eigenvalue weighted by molar-refractivity contribution is 0.600. The first-order valence-corrected chi connectivity index (χ1v) is 11.1. The molecule has 4 heterocycles. The lowest BCUT2D eigenvalue weighted by Gasteiger charge is -2.30. The van der Waals surface area contributed by atoms with Gasteiger partial charge >= 0.3 is 0 Å². The van der Waals surface area contributed by atoms with Crippen molar-refractivity contribution in [3.63, 3.8) is 0 Å². The molecule has 0 atom stereocenters. The highest BCUT2D eigenvalue weighted by atomic mass is 32.2. The third-order valence-corrected chi connectivity index (χ3v) is 7.17. The van der Waals surface area contributed by atoms with Crippen LogP contribution in [0.4, 0.5) is 11.5 Å². The Kier molecular flexibility index (Phi) is 4.05. The predicted octanol–water partition coefficient (Wildman–Crippen LogP) is 1.26. The summed E-state index contributed by atoms with van der Waals surface area (Å²) in [4.78, 5) is 22.9. The molecule has 29 heavy (non-hydrogen) atoms. The number of fused-ring (bicyclic) bond motifs is 2. The molecular formula is C19H20N6O3S. The Labute approximate surface area is 167 Å². The maximum Gasteiger partial charge on any atom is 0.274 e. The van der Waals surface area contributed by atoms with Crippen LogP contribution in [0.15, 0.2) is 35.4 Å². The van der Waals surface area contributed by atoms with Crippen LogP contribution in [0.1, 0.15) is 29.7 Å². The van der Waals surface area contributed by atoms with E-state index in [4.69, 9.17) is 0 Å². The molecule has 1 saturated carbocycles. The monoisotopic (exact) mass is 412 g/mol. The zero-order valence-corrected chi connectivity index (χ0v) is 16.7. The molecule has 5 rings (SSSR count). The molecule has 0 unspecified atom stereocenters. The summed E-state index contributed by atoms with van der Waals surface area (Å²) in [7, 11) is -3.33. The molecule has 0 spiro atoms. The Balaban J connectivity index is 1.47. The van der Waals surface area contributed by atoms with Gasteiger partial charge in [0.2, 0.25) is 10.0 Å². The van der Waals surface area contributed by atoms with Gasteiger partial charge in [-0.1, -0.05) is 0 Å². The molecule has 0 aromatic carbocycles. The Bertz CT molecular complexity index is 1280. The topological polar surface area (TPSA) is 110 Å². The Morgan fingerprint density at radius 3 is 2.83 bits per heavy atom. The first kappa shape index (κ1) is 18.0. The molecule has 0 bridgehead atoms. The van der Waals surface area contributed by atoms with Crippen LogP contribution in [0.2, 0.25) is 0 Å². The minimum absolute atomic E-state index is 0.230. The van der Waals surface area contributed by atoms with Gasteiger partial charge in [0, 0.05) is 37.5 Å². The predicted molar refractivity (Wildman–Crippen MR) is 109 cm³/mol. The molecule has 3 aromatic rings. The maximum absolute atomic E-state index is 12.2. The van der Waals surface area contributed by atoms with Gasteiger partial charge < -0.3 is 4.90 Å². The van der Waals surface area contributed by atoms with Crippen LogP contribution in [0.5, 0.6) is 0 Å². The van der Waals surface area contributed by atoms with E-state index in [1.807, 2.05) is 19.1 Å². The number of sulfonamides is 1. The van der Waals surface area contributed by atoms with E-state index in [-0.39, 0.29) is 10.8 Å². The highest BCUT2D eigenvalue weighted by Gasteiger charge is 2.36. The van der Waals surface area contributed by atoms with Crippen molar-refractivity contribution in [2.45, 2.75) is 38.0 Å². The van der Waals surface area contributed by atoms with E-state index in [0.717, 1.165) is 16.8 Å². The first-order chi connectivity index (χ1) is 13.9. The lowest BCUT2D eigenvalue weighted by Crippen LogP contribution is -2.33. The molecule has 1 N–H and O–H groups in total. The highest BCUT2D eigenvalue weighted by Crippen LogP contribution is 2.31. The van der Waals surface area contributed by atoms with Gasteiger partial charge in [0.15, 0.2) is 11.5 Å². The second-order valence-corrected chi connectivity index (χ2v) is 9.51. The number of nitrogens with one attached hydrogen (secondary N) is 1. The van der Waals surface area contributed by atoms with Crippen LogP contribution in [0.25, 0.3) is 5.65 Å². The third-order valence-electron chi connectivity index (χ3n) is 5.31.